The summed E-state index contributed by atoms with van der Waals surface area (Å²) in [6.07, 6.45) is -0.640. The fourth-order valence-electron chi connectivity index (χ4n) is 6.13. The summed E-state index contributed by atoms with van der Waals surface area (Å²) in [6, 6.07) is -11.0. The quantitative estimate of drug-likeness (QED) is 0.160. The van der Waals surface area contributed by atoms with Crippen LogP contribution < -0.4 is 0 Å². The predicted octanol–water partition coefficient (Wildman–Crippen LogP) is 14.0. The van der Waals surface area contributed by atoms with Crippen molar-refractivity contribution in [1.82, 2.24) is 9.97 Å². The second-order valence-corrected chi connectivity index (χ2v) is 12.4. The van der Waals surface area contributed by atoms with Crippen LogP contribution in [0.2, 0.25) is 0 Å². The smallest absolute Gasteiger partial charge is 0.0972 e. The Kier molecular flexibility index (Phi) is 3.57. The number of hydrogen-bond acceptors (Lipinski definition) is 3. The number of rotatable bonds is 6. The normalized spacial score (nSPS) is 18.3. The molecule has 0 fully saturated rings. The molecule has 0 N–H and O–H groups in total. The van der Waals surface area contributed by atoms with Crippen molar-refractivity contribution in [3.8, 4) is 65.5 Å². The van der Waals surface area contributed by atoms with Crippen LogP contribution in [0, 0.1) is 0 Å². The van der Waals surface area contributed by atoms with E-state index in [1.54, 1.807) is 24.3 Å². The van der Waals surface area contributed by atoms with Gasteiger partial charge in [0.1, 0.15) is 0 Å². The molecule has 0 aliphatic carbocycles. The maximum absolute atomic E-state index is 10.1. The Morgan fingerprint density at radius 2 is 0.981 bits per heavy atom. The van der Waals surface area contributed by atoms with Crippen molar-refractivity contribution in [2.24, 2.45) is 0 Å². The first-order valence-electron chi connectivity index (χ1n) is 28.8. The van der Waals surface area contributed by atoms with E-state index in [-0.39, 0.29) is 55.0 Å². The van der Waals surface area contributed by atoms with Gasteiger partial charge in [-0.25, -0.2) is 4.98 Å². The fraction of sp³-hybridized carbons (Fsp3) is 0. The van der Waals surface area contributed by atoms with Crippen LogP contribution in [0.15, 0.2) is 194 Å². The van der Waals surface area contributed by atoms with Crippen LogP contribution >= 0.6 is 11.3 Å². The summed E-state index contributed by atoms with van der Waals surface area (Å²) in [6.45, 7) is 0. The lowest BCUT2D eigenvalue weighted by atomic mass is 9.90. The van der Waals surface area contributed by atoms with Gasteiger partial charge in [-0.05, 0) is 62.3 Å². The molecule has 3 aromatic heterocycles. The van der Waals surface area contributed by atoms with Crippen LogP contribution in [0.25, 0.3) is 98.1 Å². The topological polar surface area (TPSA) is 25.8 Å². The highest BCUT2D eigenvalue weighted by atomic mass is 32.1. The average Bonchev–Trinajstić information content (AvgIpc) is 4.08. The van der Waals surface area contributed by atoms with Crippen molar-refractivity contribution in [2.45, 2.75) is 0 Å². The van der Waals surface area contributed by atoms with Crippen LogP contribution in [0.3, 0.4) is 0 Å². The zero-order valence-electron chi connectivity index (χ0n) is 52.8. The van der Waals surface area contributed by atoms with Gasteiger partial charge in [-0.1, -0.05) is 169 Å². The molecule has 0 radical (unpaired) electrons. The first-order valence-corrected chi connectivity index (χ1v) is 16.6. The highest BCUT2D eigenvalue weighted by molar-refractivity contribution is 7.20. The lowest BCUT2D eigenvalue weighted by molar-refractivity contribution is 1.37. The molecule has 0 saturated carbocycles. The average molecular weight is 719 g/mol. The standard InChI is InChI=1S/C50H32N2S/c1-4-14-33(15-5-1)45-46(34-16-6-2-7-17-34)50(53-49(45)37-18-8-3-9-19-37)39-21-12-20-38(32-39)40-28-29-43(42-24-11-10-23-41(40)42)44-30-27-36-26-25-35-22-13-31-51-47(35)48(36)52-44/h1-32H/i1D,2D,3D,4D,5D,6D,7D,8D,9D,12D,13D,14D,15D,16D,17D,18D,19D,20D,21D,22D,25D,26D,27D,30D,31D,32D. The Labute approximate surface area is 348 Å². The Bertz CT molecular complexity index is 4370. The summed E-state index contributed by atoms with van der Waals surface area (Å²) in [7, 11) is 0. The molecule has 0 unspecified atom stereocenters. The van der Waals surface area contributed by atoms with Gasteiger partial charge in [-0.15, -0.1) is 11.3 Å². The highest BCUT2D eigenvalue weighted by Gasteiger charge is 2.23. The summed E-state index contributed by atoms with van der Waals surface area (Å²) in [5, 5.41) is -0.0935. The van der Waals surface area contributed by atoms with Crippen molar-refractivity contribution >= 4 is 43.9 Å². The molecule has 248 valence electrons. The largest absolute Gasteiger partial charge is 0.254 e. The summed E-state index contributed by atoms with van der Waals surface area (Å²) < 4.78 is 231. The van der Waals surface area contributed by atoms with Crippen LogP contribution in [0.5, 0.6) is 0 Å². The van der Waals surface area contributed by atoms with Crippen LogP contribution in [0.4, 0.5) is 0 Å². The molecule has 10 aromatic rings. The minimum absolute atomic E-state index is 0.0280. The summed E-state index contributed by atoms with van der Waals surface area (Å²) in [5.41, 5.74) is -4.71. The van der Waals surface area contributed by atoms with E-state index in [4.69, 9.17) is 23.3 Å². The molecule has 10 rings (SSSR count). The molecule has 0 spiro atoms. The molecule has 0 aliphatic rings. The molecule has 0 aliphatic heterocycles. The molecule has 0 saturated heterocycles. The molecular formula is C50H32N2S. The molecule has 3 heteroatoms. The maximum Gasteiger partial charge on any atom is 0.0972 e. The highest BCUT2D eigenvalue weighted by Crippen LogP contribution is 2.52. The van der Waals surface area contributed by atoms with Crippen molar-refractivity contribution < 1.29 is 35.6 Å². The van der Waals surface area contributed by atoms with Crippen LogP contribution in [-0.4, -0.2) is 9.97 Å². The monoisotopic (exact) mass is 718 g/mol. The maximum atomic E-state index is 10.1. The Balaban J connectivity index is 1.36. The molecule has 0 atom stereocenters. The van der Waals surface area contributed by atoms with Gasteiger partial charge in [0.2, 0.25) is 0 Å². The van der Waals surface area contributed by atoms with Crippen molar-refractivity contribution in [3.63, 3.8) is 0 Å². The Morgan fingerprint density at radius 3 is 1.68 bits per heavy atom. The number of fused-ring (bicyclic) bond motifs is 4. The molecular weight excluding hydrogens is 661 g/mol. The van der Waals surface area contributed by atoms with Gasteiger partial charge >= 0.3 is 0 Å². The van der Waals surface area contributed by atoms with Crippen molar-refractivity contribution in [3.05, 3.63) is 194 Å². The number of hydrogen-bond donors (Lipinski definition) is 0. The van der Waals surface area contributed by atoms with E-state index in [0.717, 1.165) is 0 Å². The number of benzene rings is 7. The third-order valence-electron chi connectivity index (χ3n) is 8.39. The van der Waals surface area contributed by atoms with Gasteiger partial charge in [0.05, 0.1) is 52.4 Å². The first kappa shape index (κ1) is 14.4. The SMILES string of the molecule is [2H]c1nc2c(c([2H])c1[2H])c([2H])c([2H])c1c([2H])c([2H])c(-c3ccc(-c4c([2H])c([2H])c([2H])c(-c5sc(-c6c([2H])c([2H])c([2H])c([2H])c6[2H])c(-c6c([2H])c([2H])c([2H])c([2H])c6[2H])c5-c5c([2H])c([2H])c([2H])c([2H])c5[2H])c4[2H])c4ccccc34)nc12. The van der Waals surface area contributed by atoms with E-state index < -0.39 is 200 Å². The Morgan fingerprint density at radius 1 is 0.434 bits per heavy atom. The van der Waals surface area contributed by atoms with Gasteiger partial charge in [0.15, 0.2) is 0 Å². The van der Waals surface area contributed by atoms with Crippen molar-refractivity contribution in [1.29, 1.82) is 0 Å². The van der Waals surface area contributed by atoms with Crippen LogP contribution in [-0.2, 0) is 0 Å². The third-order valence-corrected chi connectivity index (χ3v) is 9.61. The van der Waals surface area contributed by atoms with Gasteiger partial charge in [-0.3, -0.25) is 4.98 Å². The number of nitrogens with zero attached hydrogens (tertiary/aromatic N) is 2. The first-order chi connectivity index (χ1) is 37.1. The Hall–Kier alpha value is -6.68. The van der Waals surface area contributed by atoms with Crippen LogP contribution in [0.1, 0.15) is 35.6 Å². The zero-order chi connectivity index (χ0) is 57.8. The molecule has 3 heterocycles. The van der Waals surface area contributed by atoms with E-state index in [1.165, 1.54) is 12.1 Å². The summed E-state index contributed by atoms with van der Waals surface area (Å²) in [4.78, 5) is 7.86. The van der Waals surface area contributed by atoms with E-state index in [9.17, 15) is 12.3 Å². The number of pyridine rings is 2. The second-order valence-electron chi connectivity index (χ2n) is 11.3. The summed E-state index contributed by atoms with van der Waals surface area (Å²) >= 11 is 0.424. The predicted molar refractivity (Wildman–Crippen MR) is 225 cm³/mol. The van der Waals surface area contributed by atoms with E-state index in [1.807, 2.05) is 0 Å². The molecule has 2 nitrogen and oxygen atoms in total. The van der Waals surface area contributed by atoms with Crippen molar-refractivity contribution in [2.75, 3.05) is 0 Å². The minimum atomic E-state index is -0.939. The van der Waals surface area contributed by atoms with E-state index in [2.05, 4.69) is 9.97 Å². The molecule has 0 amide bonds. The number of aromatic nitrogens is 2. The van der Waals surface area contributed by atoms with Gasteiger partial charge in [-0.2, -0.15) is 0 Å². The molecule has 0 bridgehead atoms. The third kappa shape index (κ3) is 5.50. The molecule has 53 heavy (non-hydrogen) atoms. The van der Waals surface area contributed by atoms with E-state index >= 15 is 0 Å². The molecule has 7 aromatic carbocycles. The zero-order valence-corrected chi connectivity index (χ0v) is 27.6. The summed E-state index contributed by atoms with van der Waals surface area (Å²) in [5.74, 6) is 0. The van der Waals surface area contributed by atoms with Gasteiger partial charge < -0.3 is 0 Å². The second kappa shape index (κ2) is 13.1. The lowest BCUT2D eigenvalue weighted by Crippen LogP contribution is -1.91. The van der Waals surface area contributed by atoms with Gasteiger partial charge in [0, 0.05) is 43.4 Å². The lowest BCUT2D eigenvalue weighted by Gasteiger charge is -2.14. The minimum Gasteiger partial charge on any atom is -0.254 e. The van der Waals surface area contributed by atoms with E-state index in [0.29, 0.717) is 11.3 Å². The number of thiophene rings is 1. The fourth-order valence-corrected chi connectivity index (χ4v) is 7.36. The van der Waals surface area contributed by atoms with Gasteiger partial charge in [0.25, 0.3) is 0 Å².